The van der Waals surface area contributed by atoms with Gasteiger partial charge < -0.3 is 49.3 Å². The Kier molecular flexibility index (Phi) is 15.9. The minimum Gasteiger partial charge on any atom is -0.480 e. The van der Waals surface area contributed by atoms with Crippen LogP contribution in [0.4, 0.5) is 0 Å². The fourth-order valence-electron chi connectivity index (χ4n) is 4.04. The van der Waals surface area contributed by atoms with Crippen LogP contribution in [-0.2, 0) is 35.2 Å². The summed E-state index contributed by atoms with van der Waals surface area (Å²) in [6, 6.07) is 2.51. The van der Waals surface area contributed by atoms with Gasteiger partial charge in [-0.2, -0.15) is 0 Å². The molecule has 0 aliphatic rings. The number of guanidine groups is 1. The van der Waals surface area contributed by atoms with Crippen molar-refractivity contribution in [1.29, 1.82) is 0 Å². The number of carbonyl (C=O) groups is 6. The fourth-order valence-corrected chi connectivity index (χ4v) is 4.04. The number of nitrogens with zero attached hydrogens (tertiary/aromatic N) is 1. The number of primary amides is 1. The van der Waals surface area contributed by atoms with Crippen molar-refractivity contribution in [3.63, 3.8) is 0 Å². The number of carboxylic acid groups (broad SMARTS) is 1. The lowest BCUT2D eigenvalue weighted by Gasteiger charge is -2.25. The van der Waals surface area contributed by atoms with E-state index < -0.39 is 72.1 Å². The van der Waals surface area contributed by atoms with Gasteiger partial charge in [0.15, 0.2) is 5.96 Å². The van der Waals surface area contributed by atoms with Gasteiger partial charge in [-0.15, -0.1) is 0 Å². The van der Waals surface area contributed by atoms with Crippen LogP contribution in [0, 0.1) is 5.92 Å². The van der Waals surface area contributed by atoms with Crippen LogP contribution >= 0.6 is 0 Å². The zero-order valence-corrected chi connectivity index (χ0v) is 25.2. The van der Waals surface area contributed by atoms with Crippen LogP contribution < -0.4 is 44.2 Å². The fraction of sp³-hybridized carbons (Fsp3) is 0.536. The Labute approximate surface area is 256 Å². The maximum Gasteiger partial charge on any atom is 0.326 e. The number of nitrogens with two attached hydrogens (primary N) is 4. The van der Waals surface area contributed by atoms with Crippen molar-refractivity contribution in [2.24, 2.45) is 33.8 Å². The van der Waals surface area contributed by atoms with Crippen molar-refractivity contribution >= 4 is 41.5 Å². The number of amides is 5. The number of aliphatic carboxylic acids is 1. The molecule has 0 fully saturated rings. The largest absolute Gasteiger partial charge is 0.480 e. The van der Waals surface area contributed by atoms with Crippen molar-refractivity contribution in [2.45, 2.75) is 83.1 Å². The molecule has 44 heavy (non-hydrogen) atoms. The predicted molar refractivity (Wildman–Crippen MR) is 162 cm³/mol. The second kappa shape index (κ2) is 18.7. The second-order valence-electron chi connectivity index (χ2n) is 10.8. The van der Waals surface area contributed by atoms with Gasteiger partial charge in [-0.1, -0.05) is 44.2 Å². The number of carboxylic acids is 1. The molecule has 16 nitrogen and oxygen atoms in total. The molecule has 0 spiro atoms. The van der Waals surface area contributed by atoms with E-state index in [4.69, 9.17) is 22.9 Å². The highest BCUT2D eigenvalue weighted by molar-refractivity contribution is 5.96. The molecule has 0 radical (unpaired) electrons. The van der Waals surface area contributed by atoms with E-state index in [-0.39, 0.29) is 37.7 Å². The third-order valence-corrected chi connectivity index (χ3v) is 6.33. The molecule has 16 heteroatoms. The minimum absolute atomic E-state index is 0.0185. The Hall–Kier alpha value is -4.73. The molecule has 5 amide bonds. The zero-order valence-electron chi connectivity index (χ0n) is 25.2. The van der Waals surface area contributed by atoms with Crippen LogP contribution in [0.1, 0.15) is 52.0 Å². The quantitative estimate of drug-likeness (QED) is 0.0448. The molecule has 0 saturated heterocycles. The zero-order chi connectivity index (χ0) is 33.4. The van der Waals surface area contributed by atoms with E-state index in [1.54, 1.807) is 30.3 Å². The molecule has 0 aliphatic carbocycles. The number of hydrogen-bond acceptors (Lipinski definition) is 8. The number of aliphatic imine (C=N–C) groups is 1. The average Bonchev–Trinajstić information content (AvgIpc) is 2.93. The van der Waals surface area contributed by atoms with E-state index in [2.05, 4.69) is 26.3 Å². The number of nitrogens with one attached hydrogen (secondary N) is 4. The lowest BCUT2D eigenvalue weighted by Crippen LogP contribution is -2.58. The number of hydrogen-bond donors (Lipinski definition) is 9. The first kappa shape index (κ1) is 37.3. The molecule has 0 aromatic heterocycles. The first-order valence-corrected chi connectivity index (χ1v) is 14.2. The van der Waals surface area contributed by atoms with Crippen molar-refractivity contribution in [3.05, 3.63) is 35.9 Å². The van der Waals surface area contributed by atoms with E-state index >= 15 is 0 Å². The van der Waals surface area contributed by atoms with E-state index in [9.17, 15) is 33.9 Å². The summed E-state index contributed by atoms with van der Waals surface area (Å²) in [5, 5.41) is 19.4. The Morgan fingerprint density at radius 3 is 1.91 bits per heavy atom. The molecule has 0 aliphatic heterocycles. The molecule has 0 saturated carbocycles. The Balaban J connectivity index is 2.88. The highest BCUT2D eigenvalue weighted by atomic mass is 16.4. The van der Waals surface area contributed by atoms with Gasteiger partial charge in [-0.3, -0.25) is 29.0 Å². The average molecular weight is 620 g/mol. The molecule has 0 unspecified atom stereocenters. The number of carbonyl (C=O) groups excluding carboxylic acids is 5. The summed E-state index contributed by atoms with van der Waals surface area (Å²) in [6.07, 6.45) is 0.258. The molecular weight excluding hydrogens is 574 g/mol. The highest BCUT2D eigenvalue weighted by Crippen LogP contribution is 2.08. The van der Waals surface area contributed by atoms with Crippen LogP contribution in [-0.4, -0.2) is 83.3 Å². The van der Waals surface area contributed by atoms with Gasteiger partial charge in [0.25, 0.3) is 0 Å². The normalized spacial score (nSPS) is 14.2. The van der Waals surface area contributed by atoms with Crippen LogP contribution in [0.3, 0.4) is 0 Å². The van der Waals surface area contributed by atoms with Crippen molar-refractivity contribution < 1.29 is 33.9 Å². The van der Waals surface area contributed by atoms with Gasteiger partial charge in [0.1, 0.15) is 24.2 Å². The summed E-state index contributed by atoms with van der Waals surface area (Å²) < 4.78 is 0. The summed E-state index contributed by atoms with van der Waals surface area (Å²) in [4.78, 5) is 78.9. The maximum atomic E-state index is 13.1. The van der Waals surface area contributed by atoms with Crippen LogP contribution in [0.5, 0.6) is 0 Å². The van der Waals surface area contributed by atoms with Gasteiger partial charge in [0.2, 0.25) is 29.5 Å². The molecule has 244 valence electrons. The Morgan fingerprint density at radius 1 is 0.795 bits per heavy atom. The topological polar surface area (TPSA) is 287 Å². The van der Waals surface area contributed by atoms with Crippen LogP contribution in [0.15, 0.2) is 35.3 Å². The molecule has 1 rings (SSSR count). The number of benzene rings is 1. The summed E-state index contributed by atoms with van der Waals surface area (Å²) in [5.74, 6) is -5.39. The Morgan fingerprint density at radius 2 is 1.36 bits per heavy atom. The molecule has 0 bridgehead atoms. The lowest BCUT2D eigenvalue weighted by molar-refractivity contribution is -0.142. The predicted octanol–water partition coefficient (Wildman–Crippen LogP) is -2.42. The third-order valence-electron chi connectivity index (χ3n) is 6.33. The summed E-state index contributed by atoms with van der Waals surface area (Å²) in [5.41, 5.74) is 22.4. The highest BCUT2D eigenvalue weighted by Gasteiger charge is 2.31. The monoisotopic (exact) mass is 619 g/mol. The second-order valence-corrected chi connectivity index (χ2v) is 10.8. The van der Waals surface area contributed by atoms with Gasteiger partial charge in [-0.25, -0.2) is 4.79 Å². The molecule has 1 aromatic carbocycles. The van der Waals surface area contributed by atoms with Crippen molar-refractivity contribution in [3.8, 4) is 0 Å². The molecule has 0 heterocycles. The minimum atomic E-state index is -1.51. The lowest BCUT2D eigenvalue weighted by atomic mass is 10.0. The SMILES string of the molecule is CC(C)C[C@H](NC(=O)[C@@H](N)CCCN=C(N)N)C(=O)N[C@@H](C)C(=O)N[C@@H](CC(N)=O)C(=O)N[C@@H](Cc1ccccc1)C(=O)O. The molecule has 1 aromatic rings. The van der Waals surface area contributed by atoms with Crippen molar-refractivity contribution in [1.82, 2.24) is 21.3 Å². The van der Waals surface area contributed by atoms with E-state index in [1.807, 2.05) is 13.8 Å². The van der Waals surface area contributed by atoms with Gasteiger partial charge in [0.05, 0.1) is 12.5 Å². The number of rotatable bonds is 19. The van der Waals surface area contributed by atoms with Gasteiger partial charge >= 0.3 is 5.97 Å². The van der Waals surface area contributed by atoms with Crippen LogP contribution in [0.25, 0.3) is 0 Å². The van der Waals surface area contributed by atoms with Gasteiger partial charge in [-0.05, 0) is 37.7 Å². The van der Waals surface area contributed by atoms with E-state index in [1.165, 1.54) is 6.92 Å². The smallest absolute Gasteiger partial charge is 0.326 e. The van der Waals surface area contributed by atoms with Crippen LogP contribution in [0.2, 0.25) is 0 Å². The Bertz CT molecular complexity index is 1170. The maximum absolute atomic E-state index is 13.1. The van der Waals surface area contributed by atoms with Crippen molar-refractivity contribution in [2.75, 3.05) is 6.54 Å². The molecular formula is C28H45N9O7. The van der Waals surface area contributed by atoms with Gasteiger partial charge in [0, 0.05) is 13.0 Å². The first-order chi connectivity index (χ1) is 20.6. The third kappa shape index (κ3) is 14.4. The summed E-state index contributed by atoms with van der Waals surface area (Å²) in [6.45, 7) is 5.30. The van der Waals surface area contributed by atoms with E-state index in [0.717, 1.165) is 0 Å². The summed E-state index contributed by atoms with van der Waals surface area (Å²) >= 11 is 0. The first-order valence-electron chi connectivity index (χ1n) is 14.2. The summed E-state index contributed by atoms with van der Waals surface area (Å²) in [7, 11) is 0. The standard InChI is InChI=1S/C28H45N9O7/c1-15(2)12-19(36-24(40)18(29)10-7-11-33-28(31)32)25(41)34-16(3)23(39)35-20(14-22(30)38)26(42)37-21(27(43)44)13-17-8-5-4-6-9-17/h4-6,8-9,15-16,18-21H,7,10-14,29H2,1-3H3,(H2,30,38)(H,34,41)(H,35,39)(H,36,40)(H,37,42)(H,43,44)(H4,31,32,33)/t16-,18-,19-,20-,21-/m0/s1. The molecule has 13 N–H and O–H groups in total. The van der Waals surface area contributed by atoms with E-state index in [0.29, 0.717) is 12.0 Å². The molecule has 5 atom stereocenters.